The first-order valence-corrected chi connectivity index (χ1v) is 13.1. The van der Waals surface area contributed by atoms with Crippen LogP contribution in [-0.2, 0) is 16.0 Å². The summed E-state index contributed by atoms with van der Waals surface area (Å²) in [6.45, 7) is 2.21. The largest absolute Gasteiger partial charge is 0.493 e. The lowest BCUT2D eigenvalue weighted by Gasteiger charge is -2.41. The van der Waals surface area contributed by atoms with Crippen LogP contribution in [0.5, 0.6) is 11.5 Å². The number of aliphatic carboxylic acids is 2. The number of rotatable bonds is 10. The van der Waals surface area contributed by atoms with Crippen LogP contribution in [0.3, 0.4) is 0 Å². The Morgan fingerprint density at radius 1 is 0.846 bits per heavy atom. The van der Waals surface area contributed by atoms with Crippen LogP contribution in [0.1, 0.15) is 41.9 Å². The van der Waals surface area contributed by atoms with E-state index in [9.17, 15) is 9.59 Å². The minimum absolute atomic E-state index is 0.396. The lowest BCUT2D eigenvalue weighted by atomic mass is 9.80. The Morgan fingerprint density at radius 3 is 1.92 bits per heavy atom. The fourth-order valence-corrected chi connectivity index (χ4v) is 5.08. The minimum atomic E-state index is -1.26. The first-order valence-electron chi connectivity index (χ1n) is 13.1. The van der Waals surface area contributed by atoms with Gasteiger partial charge in [-0.05, 0) is 54.6 Å². The molecule has 0 saturated carbocycles. The number of piperidine rings is 1. The molecule has 0 aromatic heterocycles. The van der Waals surface area contributed by atoms with Gasteiger partial charge in [0.1, 0.15) is 0 Å². The third-order valence-corrected chi connectivity index (χ3v) is 6.87. The topological polar surface area (TPSA) is 96.3 Å². The van der Waals surface area contributed by atoms with E-state index >= 15 is 0 Å². The lowest BCUT2D eigenvalue weighted by Crippen LogP contribution is -2.44. The van der Waals surface area contributed by atoms with Gasteiger partial charge in [0.15, 0.2) is 11.5 Å². The molecule has 1 saturated heterocycles. The second-order valence-corrected chi connectivity index (χ2v) is 9.35. The monoisotopic (exact) mass is 531 g/mol. The highest BCUT2D eigenvalue weighted by molar-refractivity contribution is 5.89. The van der Waals surface area contributed by atoms with Gasteiger partial charge in [-0.15, -0.1) is 0 Å². The van der Waals surface area contributed by atoms with Crippen molar-refractivity contribution in [2.45, 2.75) is 37.6 Å². The smallest absolute Gasteiger partial charge is 0.328 e. The van der Waals surface area contributed by atoms with Crippen molar-refractivity contribution >= 4 is 11.9 Å². The van der Waals surface area contributed by atoms with Gasteiger partial charge < -0.3 is 19.7 Å². The van der Waals surface area contributed by atoms with Crippen molar-refractivity contribution in [3.05, 3.63) is 108 Å². The van der Waals surface area contributed by atoms with Gasteiger partial charge in [0, 0.05) is 30.7 Å². The van der Waals surface area contributed by atoms with E-state index in [0.29, 0.717) is 24.1 Å². The van der Waals surface area contributed by atoms with Crippen LogP contribution >= 0.6 is 0 Å². The average molecular weight is 532 g/mol. The summed E-state index contributed by atoms with van der Waals surface area (Å²) in [6.07, 6.45) is 5.94. The number of hydrogen-bond donors (Lipinski definition) is 2. The Morgan fingerprint density at radius 2 is 1.41 bits per heavy atom. The fourth-order valence-electron chi connectivity index (χ4n) is 5.08. The van der Waals surface area contributed by atoms with Crippen molar-refractivity contribution < 1.29 is 29.3 Å². The van der Waals surface area contributed by atoms with Crippen LogP contribution in [-0.4, -0.2) is 60.4 Å². The van der Waals surface area contributed by atoms with E-state index in [1.165, 1.54) is 36.0 Å². The summed E-state index contributed by atoms with van der Waals surface area (Å²) in [6, 6.07) is 28.9. The Hall–Kier alpha value is -4.10. The number of carbonyl (C=O) groups is 2. The van der Waals surface area contributed by atoms with Crippen molar-refractivity contribution in [3.63, 3.8) is 0 Å². The molecule has 3 aromatic carbocycles. The summed E-state index contributed by atoms with van der Waals surface area (Å²) in [5.74, 6) is -0.523. The summed E-state index contributed by atoms with van der Waals surface area (Å²) in [5.41, 5.74) is 4.12. The van der Waals surface area contributed by atoms with E-state index in [4.69, 9.17) is 19.7 Å². The van der Waals surface area contributed by atoms with E-state index in [1.807, 2.05) is 6.07 Å². The Labute approximate surface area is 230 Å². The molecule has 206 valence electrons. The lowest BCUT2D eigenvalue weighted by molar-refractivity contribution is -0.134. The third kappa shape index (κ3) is 9.00. The first kappa shape index (κ1) is 29.5. The Kier molecular flexibility index (Phi) is 11.6. The highest BCUT2D eigenvalue weighted by atomic mass is 16.5. The standard InChI is InChI=1S/C28H33NO2.C4H4O4/c1-30-26-17-16-22(21-27(26)31-2)18-20-29-19-10-9-15-25(29)28(23-11-5-3-6-12-23)24-13-7-4-8-14-24;5-3(6)1-2-4(7)8/h3-8,11-14,16-17,21,25,28H,9-10,15,18-20H2,1-2H3;1-2H,(H,5,6)(H,7,8)/b;2-1+. The molecule has 1 unspecified atom stereocenters. The van der Waals surface area contributed by atoms with Gasteiger partial charge in [0.2, 0.25) is 0 Å². The van der Waals surface area contributed by atoms with Gasteiger partial charge in [-0.1, -0.05) is 73.2 Å². The molecule has 39 heavy (non-hydrogen) atoms. The Balaban J connectivity index is 0.000000459. The van der Waals surface area contributed by atoms with Gasteiger partial charge in [-0.25, -0.2) is 9.59 Å². The molecule has 1 heterocycles. The van der Waals surface area contributed by atoms with E-state index < -0.39 is 11.9 Å². The molecule has 1 atom stereocenters. The van der Waals surface area contributed by atoms with Gasteiger partial charge in [-0.2, -0.15) is 0 Å². The van der Waals surface area contributed by atoms with Crippen LogP contribution in [0.4, 0.5) is 0 Å². The summed E-state index contributed by atoms with van der Waals surface area (Å²) in [4.78, 5) is 21.8. The highest BCUT2D eigenvalue weighted by Gasteiger charge is 2.31. The number of carboxylic acid groups (broad SMARTS) is 2. The number of nitrogens with zero attached hydrogens (tertiary/aromatic N) is 1. The maximum atomic E-state index is 9.55. The van der Waals surface area contributed by atoms with Gasteiger partial charge >= 0.3 is 11.9 Å². The van der Waals surface area contributed by atoms with Crippen molar-refractivity contribution in [2.75, 3.05) is 27.3 Å². The van der Waals surface area contributed by atoms with Crippen LogP contribution in [0.2, 0.25) is 0 Å². The van der Waals surface area contributed by atoms with Crippen LogP contribution in [0.25, 0.3) is 0 Å². The molecule has 3 aromatic rings. The molecule has 4 rings (SSSR count). The Bertz CT molecular complexity index is 1160. The maximum absolute atomic E-state index is 9.55. The molecular weight excluding hydrogens is 494 g/mol. The average Bonchev–Trinajstić information content (AvgIpc) is 2.97. The number of hydrogen-bond acceptors (Lipinski definition) is 5. The molecule has 1 aliphatic heterocycles. The number of ether oxygens (including phenoxy) is 2. The zero-order chi connectivity index (χ0) is 28.0. The van der Waals surface area contributed by atoms with E-state index in [2.05, 4.69) is 77.7 Å². The molecular formula is C32H37NO6. The molecule has 0 amide bonds. The summed E-state index contributed by atoms with van der Waals surface area (Å²) >= 11 is 0. The zero-order valence-electron chi connectivity index (χ0n) is 22.5. The number of methoxy groups -OCH3 is 2. The molecule has 0 bridgehead atoms. The number of benzene rings is 3. The summed E-state index contributed by atoms with van der Waals surface area (Å²) in [7, 11) is 3.38. The summed E-state index contributed by atoms with van der Waals surface area (Å²) in [5, 5.41) is 15.6. The van der Waals surface area contributed by atoms with Gasteiger partial charge in [0.05, 0.1) is 14.2 Å². The third-order valence-electron chi connectivity index (χ3n) is 6.87. The number of likely N-dealkylation sites (tertiary alicyclic amines) is 1. The molecule has 1 fully saturated rings. The second-order valence-electron chi connectivity index (χ2n) is 9.35. The molecule has 1 aliphatic rings. The highest BCUT2D eigenvalue weighted by Crippen LogP contribution is 2.36. The number of carboxylic acids is 2. The normalized spacial score (nSPS) is 15.4. The van der Waals surface area contributed by atoms with Gasteiger partial charge in [0.25, 0.3) is 0 Å². The second kappa shape index (κ2) is 15.3. The van der Waals surface area contributed by atoms with Crippen LogP contribution in [0, 0.1) is 0 Å². The van der Waals surface area contributed by atoms with Crippen molar-refractivity contribution in [2.24, 2.45) is 0 Å². The minimum Gasteiger partial charge on any atom is -0.493 e. The molecule has 7 nitrogen and oxygen atoms in total. The van der Waals surface area contributed by atoms with Crippen LogP contribution in [0.15, 0.2) is 91.0 Å². The maximum Gasteiger partial charge on any atom is 0.328 e. The fraction of sp³-hybridized carbons (Fsp3) is 0.312. The molecule has 0 radical (unpaired) electrons. The van der Waals surface area contributed by atoms with Crippen molar-refractivity contribution in [1.82, 2.24) is 4.90 Å². The van der Waals surface area contributed by atoms with Crippen molar-refractivity contribution in [3.8, 4) is 11.5 Å². The van der Waals surface area contributed by atoms with Crippen LogP contribution < -0.4 is 9.47 Å². The predicted molar refractivity (Wildman–Crippen MR) is 152 cm³/mol. The molecule has 7 heteroatoms. The van der Waals surface area contributed by atoms with Crippen molar-refractivity contribution in [1.29, 1.82) is 0 Å². The van der Waals surface area contributed by atoms with Gasteiger partial charge in [-0.3, -0.25) is 4.90 Å². The van der Waals surface area contributed by atoms with E-state index in [0.717, 1.165) is 31.0 Å². The molecule has 2 N–H and O–H groups in total. The molecule has 0 aliphatic carbocycles. The SMILES string of the molecule is COc1ccc(CCN2CCCCC2C(c2ccccc2)c2ccccc2)cc1OC.O=C(O)/C=C/C(=O)O. The molecule has 0 spiro atoms. The van der Waals surface area contributed by atoms with E-state index in [1.54, 1.807) is 14.2 Å². The first-order chi connectivity index (χ1) is 18.9. The van der Waals surface area contributed by atoms with E-state index in [-0.39, 0.29) is 0 Å². The zero-order valence-corrected chi connectivity index (χ0v) is 22.5. The summed E-state index contributed by atoms with van der Waals surface area (Å²) < 4.78 is 10.9. The quantitative estimate of drug-likeness (QED) is 0.327. The predicted octanol–water partition coefficient (Wildman–Crippen LogP) is 5.64.